The van der Waals surface area contributed by atoms with Crippen LogP contribution >= 0.6 is 0 Å². The normalized spacial score (nSPS) is 15.2. The first kappa shape index (κ1) is 24.7. The molecule has 34 heavy (non-hydrogen) atoms. The highest BCUT2D eigenvalue weighted by atomic mass is 19.4. The van der Waals surface area contributed by atoms with Crippen molar-refractivity contribution >= 4 is 18.0 Å². The molecule has 1 unspecified atom stereocenters. The number of hydrogen-bond donors (Lipinski definition) is 2. The van der Waals surface area contributed by atoms with E-state index in [-0.39, 0.29) is 47.2 Å². The SMILES string of the molecule is CCOC(=O)OC1=C(C)Nc2c(OC(=O)OCC)c[nH]c(=O)c2C1c1ccccc1C(F)(F)F. The van der Waals surface area contributed by atoms with Crippen molar-refractivity contribution in [3.05, 3.63) is 69.0 Å². The first-order chi connectivity index (χ1) is 16.1. The van der Waals surface area contributed by atoms with Crippen LogP contribution in [0.2, 0.25) is 0 Å². The molecule has 12 heteroatoms. The van der Waals surface area contributed by atoms with Crippen molar-refractivity contribution in [1.82, 2.24) is 4.98 Å². The fourth-order valence-corrected chi connectivity index (χ4v) is 3.52. The molecule has 1 atom stereocenters. The van der Waals surface area contributed by atoms with Gasteiger partial charge >= 0.3 is 18.5 Å². The van der Waals surface area contributed by atoms with Gasteiger partial charge in [0.2, 0.25) is 0 Å². The molecule has 1 aliphatic rings. The third kappa shape index (κ3) is 5.00. The number of aromatic amines is 1. The van der Waals surface area contributed by atoms with Crippen molar-refractivity contribution in [2.75, 3.05) is 18.5 Å². The van der Waals surface area contributed by atoms with Gasteiger partial charge in [0, 0.05) is 6.20 Å². The summed E-state index contributed by atoms with van der Waals surface area (Å²) in [6.07, 6.45) is -5.95. The van der Waals surface area contributed by atoms with E-state index in [0.717, 1.165) is 12.3 Å². The van der Waals surface area contributed by atoms with Crippen molar-refractivity contribution in [3.8, 4) is 5.75 Å². The van der Waals surface area contributed by atoms with Crippen LogP contribution in [0.1, 0.15) is 43.4 Å². The molecule has 0 spiro atoms. The summed E-state index contributed by atoms with van der Waals surface area (Å²) < 4.78 is 61.6. The summed E-state index contributed by atoms with van der Waals surface area (Å²) in [4.78, 5) is 39.2. The fraction of sp³-hybridized carbons (Fsp3) is 0.318. The van der Waals surface area contributed by atoms with Crippen LogP contribution in [0.25, 0.3) is 0 Å². The summed E-state index contributed by atoms with van der Waals surface area (Å²) in [5.41, 5.74) is -2.42. The molecule has 0 radical (unpaired) electrons. The van der Waals surface area contributed by atoms with Gasteiger partial charge in [-0.1, -0.05) is 18.2 Å². The zero-order valence-electron chi connectivity index (χ0n) is 18.4. The minimum atomic E-state index is -4.78. The molecule has 1 aromatic heterocycles. The van der Waals surface area contributed by atoms with Crippen molar-refractivity contribution in [2.24, 2.45) is 0 Å². The van der Waals surface area contributed by atoms with Crippen molar-refractivity contribution < 1.29 is 41.7 Å². The predicted octanol–water partition coefficient (Wildman–Crippen LogP) is 4.89. The second kappa shape index (κ2) is 9.89. The van der Waals surface area contributed by atoms with Crippen LogP contribution in [-0.4, -0.2) is 30.5 Å². The minimum absolute atomic E-state index is 0.00977. The average molecular weight is 482 g/mol. The maximum Gasteiger partial charge on any atom is 0.513 e. The van der Waals surface area contributed by atoms with Crippen LogP contribution in [0.15, 0.2) is 46.7 Å². The number of alkyl halides is 3. The van der Waals surface area contributed by atoms with E-state index < -0.39 is 35.5 Å². The number of ether oxygens (including phenoxy) is 4. The van der Waals surface area contributed by atoms with Gasteiger partial charge in [0.05, 0.1) is 41.6 Å². The Hall–Kier alpha value is -3.96. The van der Waals surface area contributed by atoms with Gasteiger partial charge in [-0.25, -0.2) is 9.59 Å². The number of rotatable bonds is 5. The average Bonchev–Trinajstić information content (AvgIpc) is 2.76. The van der Waals surface area contributed by atoms with Gasteiger partial charge in [0.1, 0.15) is 5.76 Å². The number of allylic oxidation sites excluding steroid dienone is 2. The summed E-state index contributed by atoms with van der Waals surface area (Å²) in [5, 5.41) is 2.79. The Morgan fingerprint density at radius 1 is 1.03 bits per heavy atom. The highest BCUT2D eigenvalue weighted by Gasteiger charge is 2.42. The number of fused-ring (bicyclic) bond motifs is 1. The van der Waals surface area contributed by atoms with E-state index in [1.54, 1.807) is 6.92 Å². The molecule has 9 nitrogen and oxygen atoms in total. The summed E-state index contributed by atoms with van der Waals surface area (Å²) in [6, 6.07) is 4.57. The number of carbonyl (C=O) groups is 2. The Morgan fingerprint density at radius 2 is 1.65 bits per heavy atom. The Kier molecular flexibility index (Phi) is 7.18. The number of pyridine rings is 1. The number of carbonyl (C=O) groups excluding carboxylic acids is 2. The van der Waals surface area contributed by atoms with E-state index in [9.17, 15) is 27.6 Å². The topological polar surface area (TPSA) is 116 Å². The molecular formula is C22H21F3N2O7. The van der Waals surface area contributed by atoms with Gasteiger partial charge in [-0.2, -0.15) is 13.2 Å². The van der Waals surface area contributed by atoms with Crippen LogP contribution in [0.5, 0.6) is 5.75 Å². The summed E-state index contributed by atoms with van der Waals surface area (Å²) in [5.74, 6) is -1.97. The third-order valence-electron chi connectivity index (χ3n) is 4.82. The number of H-pyrrole nitrogens is 1. The number of nitrogens with one attached hydrogen (secondary N) is 2. The van der Waals surface area contributed by atoms with Crippen LogP contribution in [0.4, 0.5) is 28.4 Å². The van der Waals surface area contributed by atoms with Crippen molar-refractivity contribution in [2.45, 2.75) is 32.9 Å². The van der Waals surface area contributed by atoms with Gasteiger partial charge in [0.25, 0.3) is 5.56 Å². The molecule has 3 rings (SSSR count). The lowest BCUT2D eigenvalue weighted by Gasteiger charge is -2.31. The first-order valence-electron chi connectivity index (χ1n) is 10.2. The Labute approximate surface area is 191 Å². The molecule has 0 saturated carbocycles. The number of aromatic nitrogens is 1. The molecular weight excluding hydrogens is 461 g/mol. The quantitative estimate of drug-likeness (QED) is 0.579. The summed E-state index contributed by atoms with van der Waals surface area (Å²) in [6.45, 7) is 4.47. The van der Waals surface area contributed by atoms with E-state index in [0.29, 0.717) is 0 Å². The van der Waals surface area contributed by atoms with Crippen LogP contribution in [0, 0.1) is 0 Å². The molecule has 0 fully saturated rings. The number of halogens is 3. The zero-order valence-corrected chi connectivity index (χ0v) is 18.4. The molecule has 0 saturated heterocycles. The molecule has 0 amide bonds. The van der Waals surface area contributed by atoms with E-state index >= 15 is 0 Å². The standard InChI is InChI=1S/C22H21F3N2O7/c1-4-31-20(29)33-14-10-26-19(28)16-15(12-8-6-7-9-13(12)22(23,24)25)18(11(3)27-17(14)16)34-21(30)32-5-2/h6-10,15,27H,4-5H2,1-3H3,(H,26,28). The lowest BCUT2D eigenvalue weighted by Crippen LogP contribution is -2.30. The Bertz CT molecular complexity index is 1190. The van der Waals surface area contributed by atoms with Crippen molar-refractivity contribution in [1.29, 1.82) is 0 Å². The largest absolute Gasteiger partial charge is 0.513 e. The lowest BCUT2D eigenvalue weighted by molar-refractivity contribution is -0.138. The highest BCUT2D eigenvalue weighted by molar-refractivity contribution is 5.75. The van der Waals surface area contributed by atoms with Gasteiger partial charge in [-0.05, 0) is 32.4 Å². The molecule has 2 aromatic rings. The van der Waals surface area contributed by atoms with Gasteiger partial charge in [-0.3, -0.25) is 4.79 Å². The number of hydrogen-bond acceptors (Lipinski definition) is 8. The molecule has 1 aromatic carbocycles. The molecule has 182 valence electrons. The van der Waals surface area contributed by atoms with E-state index in [1.165, 1.54) is 32.0 Å². The summed E-state index contributed by atoms with van der Waals surface area (Å²) >= 11 is 0. The first-order valence-corrected chi connectivity index (χ1v) is 10.2. The fourth-order valence-electron chi connectivity index (χ4n) is 3.52. The van der Waals surface area contributed by atoms with Crippen LogP contribution < -0.4 is 15.6 Å². The van der Waals surface area contributed by atoms with Gasteiger partial charge < -0.3 is 29.2 Å². The summed E-state index contributed by atoms with van der Waals surface area (Å²) in [7, 11) is 0. The molecule has 1 aliphatic heterocycles. The molecule has 0 aliphatic carbocycles. The Morgan fingerprint density at radius 3 is 2.26 bits per heavy atom. The van der Waals surface area contributed by atoms with E-state index in [4.69, 9.17) is 18.9 Å². The van der Waals surface area contributed by atoms with Crippen LogP contribution in [-0.2, 0) is 20.4 Å². The molecule has 0 bridgehead atoms. The van der Waals surface area contributed by atoms with E-state index in [2.05, 4.69) is 10.3 Å². The predicted molar refractivity (Wildman–Crippen MR) is 112 cm³/mol. The number of anilines is 1. The second-order valence-electron chi connectivity index (χ2n) is 6.97. The zero-order chi connectivity index (χ0) is 25.0. The van der Waals surface area contributed by atoms with Gasteiger partial charge in [-0.15, -0.1) is 0 Å². The maximum absolute atomic E-state index is 13.9. The number of benzene rings is 1. The monoisotopic (exact) mass is 482 g/mol. The van der Waals surface area contributed by atoms with Crippen molar-refractivity contribution in [3.63, 3.8) is 0 Å². The third-order valence-corrected chi connectivity index (χ3v) is 4.82. The van der Waals surface area contributed by atoms with Gasteiger partial charge in [0.15, 0.2) is 5.75 Å². The highest BCUT2D eigenvalue weighted by Crippen LogP contribution is 2.47. The van der Waals surface area contributed by atoms with E-state index in [1.807, 2.05) is 0 Å². The lowest BCUT2D eigenvalue weighted by atomic mass is 9.83. The second-order valence-corrected chi connectivity index (χ2v) is 6.97. The Balaban J connectivity index is 2.27. The minimum Gasteiger partial charge on any atom is -0.434 e. The smallest absolute Gasteiger partial charge is 0.434 e. The molecule has 2 heterocycles. The maximum atomic E-state index is 13.9. The molecule has 2 N–H and O–H groups in total. The van der Waals surface area contributed by atoms with Crippen LogP contribution in [0.3, 0.4) is 0 Å².